The highest BCUT2D eigenvalue weighted by molar-refractivity contribution is 7.92. The molecule has 7 nitrogen and oxygen atoms in total. The number of nitrogens with zero attached hydrogens (tertiary/aromatic N) is 2. The maximum atomic E-state index is 14.1. The van der Waals surface area contributed by atoms with Gasteiger partial charge in [0.25, 0.3) is 0 Å². The topological polar surface area (TPSA) is 102 Å². The van der Waals surface area contributed by atoms with Crippen LogP contribution in [0.1, 0.15) is 29.4 Å². The first-order valence-corrected chi connectivity index (χ1v) is 9.20. The Hall–Kier alpha value is -2.88. The van der Waals surface area contributed by atoms with E-state index in [2.05, 4.69) is 14.7 Å². The van der Waals surface area contributed by atoms with Gasteiger partial charge in [0, 0.05) is 6.07 Å². The van der Waals surface area contributed by atoms with E-state index in [4.69, 9.17) is 4.42 Å². The molecular formula is C16H13F2N3O4S. The van der Waals surface area contributed by atoms with Gasteiger partial charge in [0.05, 0.1) is 17.0 Å². The Morgan fingerprint density at radius 1 is 1.27 bits per heavy atom. The Morgan fingerprint density at radius 2 is 2.04 bits per heavy atom. The molecular weight excluding hydrogens is 368 g/mol. The molecule has 2 aromatic heterocycles. The molecule has 0 unspecified atom stereocenters. The number of carbonyl (C=O) groups is 1. The number of hydrogen-bond donors (Lipinski definition) is 1. The molecule has 0 amide bonds. The number of nitrogens with one attached hydrogen (secondary N) is 1. The predicted octanol–water partition coefficient (Wildman–Crippen LogP) is 2.88. The number of pyridine rings is 1. The number of halogens is 2. The van der Waals surface area contributed by atoms with Crippen molar-refractivity contribution >= 4 is 32.7 Å². The van der Waals surface area contributed by atoms with Crippen LogP contribution in [0.5, 0.6) is 0 Å². The van der Waals surface area contributed by atoms with Gasteiger partial charge >= 0.3 is 0 Å². The average molecular weight is 381 g/mol. The normalized spacial score (nSPS) is 11.7. The van der Waals surface area contributed by atoms with Gasteiger partial charge in [-0.2, -0.15) is 0 Å². The van der Waals surface area contributed by atoms with Crippen LogP contribution in [-0.2, 0) is 10.0 Å². The number of rotatable bonds is 6. The van der Waals surface area contributed by atoms with E-state index in [1.165, 1.54) is 12.1 Å². The first-order chi connectivity index (χ1) is 12.3. The van der Waals surface area contributed by atoms with Crippen molar-refractivity contribution in [2.75, 3.05) is 10.5 Å². The summed E-state index contributed by atoms with van der Waals surface area (Å²) in [6, 6.07) is 4.34. The Bertz CT molecular complexity index is 1100. The summed E-state index contributed by atoms with van der Waals surface area (Å²) in [6.45, 7) is 1.66. The molecule has 26 heavy (non-hydrogen) atoms. The first-order valence-electron chi connectivity index (χ1n) is 7.55. The predicted molar refractivity (Wildman–Crippen MR) is 89.3 cm³/mol. The summed E-state index contributed by atoms with van der Waals surface area (Å²) in [5.74, 6) is -3.87. The second-order valence-electron chi connectivity index (χ2n) is 5.44. The molecule has 1 N–H and O–H groups in total. The molecule has 0 aliphatic carbocycles. The van der Waals surface area contributed by atoms with Crippen molar-refractivity contribution in [1.29, 1.82) is 0 Å². The minimum Gasteiger partial charge on any atom is -0.425 e. The lowest BCUT2D eigenvalue weighted by Crippen LogP contribution is -2.17. The minimum atomic E-state index is -3.73. The van der Waals surface area contributed by atoms with Crippen LogP contribution in [0, 0.1) is 11.6 Å². The van der Waals surface area contributed by atoms with Crippen LogP contribution in [0.25, 0.3) is 11.2 Å². The quantitative estimate of drug-likeness (QED) is 0.659. The smallest absolute Gasteiger partial charge is 0.247 e. The van der Waals surface area contributed by atoms with Crippen LogP contribution in [0.3, 0.4) is 0 Å². The number of carbonyl (C=O) groups excluding carboxylic acids is 1. The number of fused-ring (bicyclic) bond motifs is 1. The Balaban J connectivity index is 2.01. The third-order valence-electron chi connectivity index (χ3n) is 3.45. The van der Waals surface area contributed by atoms with Crippen molar-refractivity contribution in [3.05, 3.63) is 53.6 Å². The van der Waals surface area contributed by atoms with E-state index < -0.39 is 33.0 Å². The molecule has 0 aliphatic rings. The largest absolute Gasteiger partial charge is 0.425 e. The van der Waals surface area contributed by atoms with E-state index >= 15 is 0 Å². The van der Waals surface area contributed by atoms with Gasteiger partial charge in [-0.05, 0) is 24.6 Å². The summed E-state index contributed by atoms with van der Waals surface area (Å²) in [6.07, 6.45) is 1.47. The highest BCUT2D eigenvalue weighted by Crippen LogP contribution is 2.23. The van der Waals surface area contributed by atoms with Crippen LogP contribution in [0.15, 0.2) is 35.1 Å². The van der Waals surface area contributed by atoms with Crippen molar-refractivity contribution in [1.82, 2.24) is 9.97 Å². The summed E-state index contributed by atoms with van der Waals surface area (Å²) in [7, 11) is -3.73. The third kappa shape index (κ3) is 3.54. The zero-order chi connectivity index (χ0) is 18.9. The van der Waals surface area contributed by atoms with E-state index in [1.54, 1.807) is 6.92 Å². The molecule has 3 rings (SSSR count). The lowest BCUT2D eigenvalue weighted by Gasteiger charge is -2.10. The van der Waals surface area contributed by atoms with Crippen molar-refractivity contribution in [3.63, 3.8) is 0 Å². The van der Waals surface area contributed by atoms with Crippen LogP contribution in [0.2, 0.25) is 0 Å². The molecule has 1 aromatic carbocycles. The van der Waals surface area contributed by atoms with Crippen molar-refractivity contribution in [2.45, 2.75) is 13.3 Å². The van der Waals surface area contributed by atoms with Gasteiger partial charge in [0.15, 0.2) is 18.0 Å². The maximum absolute atomic E-state index is 14.1. The maximum Gasteiger partial charge on any atom is 0.247 e. The SMILES string of the molecule is CCCS(=O)(=O)Nc1cc(F)c(F)c(C(=O)c2ccc3ncoc3n2)c1. The molecule has 0 radical (unpaired) electrons. The van der Waals surface area contributed by atoms with Gasteiger partial charge in [0.2, 0.25) is 21.5 Å². The minimum absolute atomic E-state index is 0.0662. The summed E-state index contributed by atoms with van der Waals surface area (Å²) in [5.41, 5.74) is -0.626. The fourth-order valence-corrected chi connectivity index (χ4v) is 3.44. The monoisotopic (exact) mass is 381 g/mol. The number of ketones is 1. The Kier molecular flexibility index (Phi) is 4.68. The molecule has 10 heteroatoms. The molecule has 0 saturated heterocycles. The number of anilines is 1. The summed E-state index contributed by atoms with van der Waals surface area (Å²) in [4.78, 5) is 20.3. The fraction of sp³-hybridized carbons (Fsp3) is 0.188. The van der Waals surface area contributed by atoms with E-state index in [1.807, 2.05) is 0 Å². The average Bonchev–Trinajstić information content (AvgIpc) is 3.04. The highest BCUT2D eigenvalue weighted by Gasteiger charge is 2.22. The van der Waals surface area contributed by atoms with Gasteiger partial charge in [0.1, 0.15) is 11.2 Å². The van der Waals surface area contributed by atoms with Gasteiger partial charge in [-0.15, -0.1) is 0 Å². The second-order valence-corrected chi connectivity index (χ2v) is 7.28. The van der Waals surface area contributed by atoms with Crippen molar-refractivity contribution < 1.29 is 26.4 Å². The molecule has 3 aromatic rings. The summed E-state index contributed by atoms with van der Waals surface area (Å²) in [5, 5.41) is 0. The number of aromatic nitrogens is 2. The molecule has 0 saturated carbocycles. The molecule has 0 fully saturated rings. The molecule has 2 heterocycles. The third-order valence-corrected chi connectivity index (χ3v) is 4.94. The number of benzene rings is 1. The number of oxazole rings is 1. The van der Waals surface area contributed by atoms with Crippen LogP contribution >= 0.6 is 0 Å². The van der Waals surface area contributed by atoms with Crippen molar-refractivity contribution in [3.8, 4) is 0 Å². The fourth-order valence-electron chi connectivity index (χ4n) is 2.33. The molecule has 0 atom stereocenters. The zero-order valence-corrected chi connectivity index (χ0v) is 14.3. The van der Waals surface area contributed by atoms with Gasteiger partial charge in [-0.25, -0.2) is 27.2 Å². The Labute approximate surface area is 147 Å². The van der Waals surface area contributed by atoms with E-state index in [9.17, 15) is 22.0 Å². The molecule has 0 aliphatic heterocycles. The Morgan fingerprint density at radius 3 is 2.77 bits per heavy atom. The standard InChI is InChI=1S/C16H13F2N3O4S/c1-2-5-26(23,24)21-9-6-10(14(18)11(17)7-9)15(22)12-3-4-13-16(20-12)25-8-19-13/h3-4,6-8,21H,2,5H2,1H3. The molecule has 136 valence electrons. The van der Waals surface area contributed by atoms with E-state index in [-0.39, 0.29) is 22.8 Å². The van der Waals surface area contributed by atoms with Crippen molar-refractivity contribution in [2.24, 2.45) is 0 Å². The number of sulfonamides is 1. The zero-order valence-electron chi connectivity index (χ0n) is 13.5. The molecule has 0 bridgehead atoms. The van der Waals surface area contributed by atoms with Crippen LogP contribution < -0.4 is 4.72 Å². The number of hydrogen-bond acceptors (Lipinski definition) is 6. The van der Waals surface area contributed by atoms with Gasteiger partial charge < -0.3 is 4.42 Å². The van der Waals surface area contributed by atoms with E-state index in [0.717, 1.165) is 12.5 Å². The summed E-state index contributed by atoms with van der Waals surface area (Å²) < 4.78 is 58.7. The molecule has 0 spiro atoms. The lowest BCUT2D eigenvalue weighted by atomic mass is 10.1. The first kappa shape index (κ1) is 17.9. The van der Waals surface area contributed by atoms with E-state index in [0.29, 0.717) is 18.0 Å². The van der Waals surface area contributed by atoms with Gasteiger partial charge in [-0.3, -0.25) is 9.52 Å². The lowest BCUT2D eigenvalue weighted by molar-refractivity contribution is 0.102. The summed E-state index contributed by atoms with van der Waals surface area (Å²) >= 11 is 0. The van der Waals surface area contributed by atoms with Crippen LogP contribution in [-0.4, -0.2) is 29.9 Å². The highest BCUT2D eigenvalue weighted by atomic mass is 32.2. The second kappa shape index (κ2) is 6.79. The van der Waals surface area contributed by atoms with Gasteiger partial charge in [-0.1, -0.05) is 6.92 Å². The van der Waals surface area contributed by atoms with Crippen LogP contribution in [0.4, 0.5) is 14.5 Å².